The van der Waals surface area contributed by atoms with Gasteiger partial charge in [-0.2, -0.15) is 0 Å². The van der Waals surface area contributed by atoms with Crippen LogP contribution in [0, 0.1) is 4.77 Å². The molecule has 0 atom stereocenters. The maximum absolute atomic E-state index is 12.8. The van der Waals surface area contributed by atoms with Gasteiger partial charge in [0.1, 0.15) is 0 Å². The molecule has 3 aromatic rings. The lowest BCUT2D eigenvalue weighted by atomic mass is 9.76. The van der Waals surface area contributed by atoms with Crippen LogP contribution in [-0.2, 0) is 6.42 Å². The minimum absolute atomic E-state index is 0.162. The van der Waals surface area contributed by atoms with E-state index in [1.165, 1.54) is 5.56 Å². The zero-order valence-electron chi connectivity index (χ0n) is 15.9. The van der Waals surface area contributed by atoms with Gasteiger partial charge in [-0.3, -0.25) is 9.78 Å². The number of hydrogen-bond donors (Lipinski definition) is 2. The van der Waals surface area contributed by atoms with E-state index in [1.54, 1.807) is 12.1 Å². The van der Waals surface area contributed by atoms with E-state index < -0.39 is 0 Å². The largest absolute Gasteiger partial charge is 0.335 e. The Bertz CT molecular complexity index is 1100. The molecule has 1 aromatic heterocycles. The molecule has 1 aliphatic rings. The van der Waals surface area contributed by atoms with Gasteiger partial charge in [-0.25, -0.2) is 0 Å². The van der Waals surface area contributed by atoms with Crippen LogP contribution in [-0.4, -0.2) is 9.97 Å². The lowest BCUT2D eigenvalue weighted by molar-refractivity contribution is 0.389. The molecule has 0 spiro atoms. The summed E-state index contributed by atoms with van der Waals surface area (Å²) >= 11 is 18.0. The maximum atomic E-state index is 12.8. The third-order valence-electron chi connectivity index (χ3n) is 5.90. The van der Waals surface area contributed by atoms with E-state index in [-0.39, 0.29) is 11.5 Å². The van der Waals surface area contributed by atoms with Crippen LogP contribution in [0.25, 0.3) is 0 Å². The molecule has 0 unspecified atom stereocenters. The minimum atomic E-state index is -0.162. The van der Waals surface area contributed by atoms with E-state index in [1.807, 2.05) is 6.07 Å². The quantitative estimate of drug-likeness (QED) is 0.436. The van der Waals surface area contributed by atoms with Crippen LogP contribution in [0.15, 0.2) is 53.3 Å². The Kier molecular flexibility index (Phi) is 6.23. The van der Waals surface area contributed by atoms with E-state index in [4.69, 9.17) is 35.4 Å². The van der Waals surface area contributed by atoms with E-state index in [0.29, 0.717) is 32.7 Å². The zero-order valence-corrected chi connectivity index (χ0v) is 18.2. The summed E-state index contributed by atoms with van der Waals surface area (Å²) in [7, 11) is 0. The van der Waals surface area contributed by atoms with E-state index in [9.17, 15) is 4.79 Å². The second kappa shape index (κ2) is 8.86. The van der Waals surface area contributed by atoms with Crippen molar-refractivity contribution in [2.75, 3.05) is 0 Å². The molecular formula is C23H22Cl2N2OS. The summed E-state index contributed by atoms with van der Waals surface area (Å²) in [4.78, 5) is 18.8. The number of rotatable bonds is 4. The SMILES string of the molecule is O=c1[nH]c(=S)[nH]c([C@H]2CC[C@H](c3ccccc3)CC2)c1Cc1c(Cl)cccc1Cl. The molecule has 2 N–H and O–H groups in total. The Labute approximate surface area is 185 Å². The highest BCUT2D eigenvalue weighted by molar-refractivity contribution is 7.71. The first-order valence-electron chi connectivity index (χ1n) is 9.86. The first-order chi connectivity index (χ1) is 14.0. The summed E-state index contributed by atoms with van der Waals surface area (Å²) in [6.07, 6.45) is 4.59. The predicted molar refractivity (Wildman–Crippen MR) is 122 cm³/mol. The fourth-order valence-electron chi connectivity index (χ4n) is 4.37. The fraction of sp³-hybridized carbons (Fsp3) is 0.304. The normalized spacial score (nSPS) is 19.2. The van der Waals surface area contributed by atoms with Crippen molar-refractivity contribution in [3.05, 3.63) is 96.1 Å². The van der Waals surface area contributed by atoms with Crippen molar-refractivity contribution in [2.45, 2.75) is 43.9 Å². The molecular weight excluding hydrogens is 423 g/mol. The molecule has 150 valence electrons. The summed E-state index contributed by atoms with van der Waals surface area (Å²) in [5.41, 5.74) is 3.61. The van der Waals surface area contributed by atoms with E-state index >= 15 is 0 Å². The molecule has 1 saturated carbocycles. The van der Waals surface area contributed by atoms with Gasteiger partial charge in [-0.15, -0.1) is 0 Å². The van der Waals surface area contributed by atoms with Crippen LogP contribution >= 0.6 is 35.4 Å². The highest BCUT2D eigenvalue weighted by Gasteiger charge is 2.27. The van der Waals surface area contributed by atoms with Crippen molar-refractivity contribution in [1.29, 1.82) is 0 Å². The molecule has 0 amide bonds. The van der Waals surface area contributed by atoms with Crippen molar-refractivity contribution in [1.82, 2.24) is 9.97 Å². The monoisotopic (exact) mass is 444 g/mol. The standard InChI is InChI=1S/C23H22Cl2N2OS/c24-19-7-4-8-20(25)17(19)13-18-21(26-23(29)27-22(18)28)16-11-9-15(10-12-16)14-5-2-1-3-6-14/h1-8,15-16H,9-13H2,(H2,26,27,28,29)/t15-,16-. The molecule has 1 heterocycles. The van der Waals surface area contributed by atoms with E-state index in [2.05, 4.69) is 40.3 Å². The number of aromatic nitrogens is 2. The Hall–Kier alpha value is -1.88. The van der Waals surface area contributed by atoms with Gasteiger partial charge in [-0.1, -0.05) is 59.6 Å². The van der Waals surface area contributed by atoms with Gasteiger partial charge < -0.3 is 4.98 Å². The van der Waals surface area contributed by atoms with Gasteiger partial charge in [0.05, 0.1) is 0 Å². The highest BCUT2D eigenvalue weighted by Crippen LogP contribution is 2.41. The summed E-state index contributed by atoms with van der Waals surface area (Å²) in [6.45, 7) is 0. The van der Waals surface area contributed by atoms with Crippen molar-refractivity contribution < 1.29 is 0 Å². The second-order valence-corrected chi connectivity index (χ2v) is 8.86. The molecule has 2 aromatic carbocycles. The number of H-pyrrole nitrogens is 2. The molecule has 4 rings (SSSR count). The molecule has 0 saturated heterocycles. The fourth-order valence-corrected chi connectivity index (χ4v) is 5.11. The number of nitrogens with one attached hydrogen (secondary N) is 2. The van der Waals surface area contributed by atoms with Crippen molar-refractivity contribution in [3.8, 4) is 0 Å². The van der Waals surface area contributed by atoms with Crippen LogP contribution < -0.4 is 5.56 Å². The maximum Gasteiger partial charge on any atom is 0.255 e. The number of hydrogen-bond acceptors (Lipinski definition) is 2. The van der Waals surface area contributed by atoms with Gasteiger partial charge >= 0.3 is 0 Å². The number of aromatic amines is 2. The Morgan fingerprint density at radius 2 is 1.45 bits per heavy atom. The van der Waals surface area contributed by atoms with Crippen LogP contribution in [0.1, 0.15) is 59.9 Å². The Balaban J connectivity index is 1.63. The molecule has 0 radical (unpaired) electrons. The molecule has 1 fully saturated rings. The number of halogens is 2. The third-order valence-corrected chi connectivity index (χ3v) is 6.81. The summed E-state index contributed by atoms with van der Waals surface area (Å²) in [6, 6.07) is 16.1. The molecule has 0 aliphatic heterocycles. The molecule has 3 nitrogen and oxygen atoms in total. The minimum Gasteiger partial charge on any atom is -0.335 e. The lowest BCUT2D eigenvalue weighted by Gasteiger charge is -2.30. The van der Waals surface area contributed by atoms with Gasteiger partial charge in [0, 0.05) is 27.7 Å². The first-order valence-corrected chi connectivity index (χ1v) is 11.0. The average molecular weight is 445 g/mol. The molecule has 0 bridgehead atoms. The number of benzene rings is 2. The first kappa shape index (κ1) is 20.4. The van der Waals surface area contributed by atoms with Gasteiger partial charge in [0.25, 0.3) is 5.56 Å². The molecule has 29 heavy (non-hydrogen) atoms. The van der Waals surface area contributed by atoms with E-state index in [0.717, 1.165) is 36.9 Å². The van der Waals surface area contributed by atoms with Crippen molar-refractivity contribution in [2.24, 2.45) is 0 Å². The van der Waals surface area contributed by atoms with Crippen LogP contribution in [0.2, 0.25) is 10.0 Å². The van der Waals surface area contributed by atoms with Gasteiger partial charge in [0.2, 0.25) is 0 Å². The lowest BCUT2D eigenvalue weighted by Crippen LogP contribution is -2.22. The van der Waals surface area contributed by atoms with Crippen LogP contribution in [0.5, 0.6) is 0 Å². The topological polar surface area (TPSA) is 48.6 Å². The molecule has 6 heteroatoms. The zero-order chi connectivity index (χ0) is 20.4. The third kappa shape index (κ3) is 4.50. The van der Waals surface area contributed by atoms with Gasteiger partial charge in [-0.05, 0) is 73.0 Å². The second-order valence-electron chi connectivity index (χ2n) is 7.64. The van der Waals surface area contributed by atoms with Crippen molar-refractivity contribution in [3.63, 3.8) is 0 Å². The Morgan fingerprint density at radius 3 is 2.10 bits per heavy atom. The highest BCUT2D eigenvalue weighted by atomic mass is 35.5. The smallest absolute Gasteiger partial charge is 0.255 e. The van der Waals surface area contributed by atoms with Crippen LogP contribution in [0.3, 0.4) is 0 Å². The molecule has 1 aliphatic carbocycles. The average Bonchev–Trinajstić information content (AvgIpc) is 2.72. The van der Waals surface area contributed by atoms with Crippen molar-refractivity contribution >= 4 is 35.4 Å². The van der Waals surface area contributed by atoms with Gasteiger partial charge in [0.15, 0.2) is 4.77 Å². The van der Waals surface area contributed by atoms with Crippen LogP contribution in [0.4, 0.5) is 0 Å². The summed E-state index contributed by atoms with van der Waals surface area (Å²) in [5, 5.41) is 1.14. The summed E-state index contributed by atoms with van der Waals surface area (Å²) < 4.78 is 0.365. The summed E-state index contributed by atoms with van der Waals surface area (Å²) in [5.74, 6) is 0.842. The Morgan fingerprint density at radius 1 is 0.828 bits per heavy atom. The predicted octanol–water partition coefficient (Wildman–Crippen LogP) is 6.77.